The molecule has 3 rings (SSSR count). The van der Waals surface area contributed by atoms with Crippen molar-refractivity contribution < 1.29 is 4.79 Å². The SMILES string of the molecule is CSc1c2n(c3ccccc13)CCNC2=O. The highest BCUT2D eigenvalue weighted by Gasteiger charge is 2.24. The van der Waals surface area contributed by atoms with Gasteiger partial charge in [0.25, 0.3) is 5.91 Å². The molecule has 1 aromatic heterocycles. The molecule has 0 spiro atoms. The van der Waals surface area contributed by atoms with Crippen LogP contribution in [0.15, 0.2) is 29.2 Å². The Labute approximate surface area is 97.8 Å². The minimum atomic E-state index is 0.0480. The molecule has 4 heteroatoms. The Balaban J connectivity index is 2.43. The summed E-state index contributed by atoms with van der Waals surface area (Å²) in [5.41, 5.74) is 1.98. The second-order valence-electron chi connectivity index (χ2n) is 3.81. The summed E-state index contributed by atoms with van der Waals surface area (Å²) in [6, 6.07) is 8.20. The first-order valence-corrected chi connectivity index (χ1v) is 6.49. The van der Waals surface area contributed by atoms with E-state index in [2.05, 4.69) is 22.0 Å². The van der Waals surface area contributed by atoms with Crippen molar-refractivity contribution in [2.75, 3.05) is 12.8 Å². The van der Waals surface area contributed by atoms with Gasteiger partial charge in [0.05, 0.1) is 0 Å². The molecule has 16 heavy (non-hydrogen) atoms. The van der Waals surface area contributed by atoms with Crippen molar-refractivity contribution in [1.82, 2.24) is 9.88 Å². The van der Waals surface area contributed by atoms with Gasteiger partial charge < -0.3 is 9.88 Å². The van der Waals surface area contributed by atoms with E-state index in [1.807, 2.05) is 18.4 Å². The Bertz CT molecular complexity index is 541. The van der Waals surface area contributed by atoms with Crippen molar-refractivity contribution in [2.45, 2.75) is 11.4 Å². The van der Waals surface area contributed by atoms with Gasteiger partial charge >= 0.3 is 0 Å². The number of carbonyl (C=O) groups excluding carboxylic acids is 1. The number of thioether (sulfide) groups is 1. The lowest BCUT2D eigenvalue weighted by atomic mass is 10.2. The van der Waals surface area contributed by atoms with Gasteiger partial charge in [-0.3, -0.25) is 4.79 Å². The van der Waals surface area contributed by atoms with Crippen LogP contribution in [0.2, 0.25) is 0 Å². The number of hydrogen-bond donors (Lipinski definition) is 1. The first-order valence-electron chi connectivity index (χ1n) is 5.26. The molecule has 1 aliphatic rings. The fourth-order valence-electron chi connectivity index (χ4n) is 2.30. The fourth-order valence-corrected chi connectivity index (χ4v) is 3.09. The topological polar surface area (TPSA) is 34.0 Å². The van der Waals surface area contributed by atoms with E-state index in [1.165, 1.54) is 5.39 Å². The van der Waals surface area contributed by atoms with Crippen molar-refractivity contribution in [3.05, 3.63) is 30.0 Å². The third-order valence-corrected chi connectivity index (χ3v) is 3.79. The van der Waals surface area contributed by atoms with E-state index in [-0.39, 0.29) is 5.91 Å². The van der Waals surface area contributed by atoms with Crippen LogP contribution in [-0.2, 0) is 6.54 Å². The minimum absolute atomic E-state index is 0.0480. The number of fused-ring (bicyclic) bond motifs is 3. The molecule has 1 N–H and O–H groups in total. The molecule has 2 aromatic rings. The van der Waals surface area contributed by atoms with Crippen LogP contribution in [0, 0.1) is 0 Å². The van der Waals surface area contributed by atoms with Crippen LogP contribution in [0.1, 0.15) is 10.5 Å². The Morgan fingerprint density at radius 2 is 2.19 bits per heavy atom. The van der Waals surface area contributed by atoms with Crippen molar-refractivity contribution in [2.24, 2.45) is 0 Å². The molecule has 0 fully saturated rings. The molecule has 82 valence electrons. The number of benzene rings is 1. The van der Waals surface area contributed by atoms with Crippen LogP contribution in [0.5, 0.6) is 0 Å². The lowest BCUT2D eigenvalue weighted by molar-refractivity contribution is 0.0925. The molecule has 1 amide bonds. The maximum absolute atomic E-state index is 11.9. The number of rotatable bonds is 1. The third-order valence-electron chi connectivity index (χ3n) is 2.96. The number of hydrogen-bond acceptors (Lipinski definition) is 2. The van der Waals surface area contributed by atoms with Crippen molar-refractivity contribution in [3.8, 4) is 0 Å². The van der Waals surface area contributed by atoms with E-state index in [0.717, 1.165) is 29.2 Å². The second kappa shape index (κ2) is 3.56. The zero-order valence-electron chi connectivity index (χ0n) is 8.99. The zero-order chi connectivity index (χ0) is 11.1. The average molecular weight is 232 g/mol. The van der Waals surface area contributed by atoms with E-state index in [4.69, 9.17) is 0 Å². The third kappa shape index (κ3) is 1.19. The average Bonchev–Trinajstić information content (AvgIpc) is 2.65. The van der Waals surface area contributed by atoms with Crippen molar-refractivity contribution in [3.63, 3.8) is 0 Å². The van der Waals surface area contributed by atoms with Crippen LogP contribution in [0.25, 0.3) is 10.9 Å². The lowest BCUT2D eigenvalue weighted by Gasteiger charge is -2.17. The summed E-state index contributed by atoms with van der Waals surface area (Å²) in [5.74, 6) is 0.0480. The van der Waals surface area contributed by atoms with Crippen molar-refractivity contribution >= 4 is 28.6 Å². The summed E-state index contributed by atoms with van der Waals surface area (Å²) >= 11 is 1.64. The van der Waals surface area contributed by atoms with E-state index in [9.17, 15) is 4.79 Å². The second-order valence-corrected chi connectivity index (χ2v) is 4.62. The molecule has 0 bridgehead atoms. The molecular weight excluding hydrogens is 220 g/mol. The Hall–Kier alpha value is -1.42. The van der Waals surface area contributed by atoms with E-state index in [1.54, 1.807) is 11.8 Å². The maximum Gasteiger partial charge on any atom is 0.269 e. The summed E-state index contributed by atoms with van der Waals surface area (Å²) in [6.07, 6.45) is 2.02. The minimum Gasteiger partial charge on any atom is -0.349 e. The van der Waals surface area contributed by atoms with Gasteiger partial charge in [-0.2, -0.15) is 0 Å². The van der Waals surface area contributed by atoms with Gasteiger partial charge in [-0.25, -0.2) is 0 Å². The van der Waals surface area contributed by atoms with Crippen LogP contribution < -0.4 is 5.32 Å². The van der Waals surface area contributed by atoms with E-state index < -0.39 is 0 Å². The molecule has 0 unspecified atom stereocenters. The smallest absolute Gasteiger partial charge is 0.269 e. The van der Waals surface area contributed by atoms with Gasteiger partial charge in [0.2, 0.25) is 0 Å². The molecule has 0 radical (unpaired) electrons. The number of para-hydroxylation sites is 1. The van der Waals surface area contributed by atoms with Crippen LogP contribution in [0.4, 0.5) is 0 Å². The highest BCUT2D eigenvalue weighted by Crippen LogP contribution is 2.33. The highest BCUT2D eigenvalue weighted by atomic mass is 32.2. The predicted octanol–water partition coefficient (Wildman–Crippen LogP) is 2.11. The number of nitrogens with one attached hydrogen (secondary N) is 1. The molecule has 0 aliphatic carbocycles. The van der Waals surface area contributed by atoms with Gasteiger partial charge in [-0.15, -0.1) is 11.8 Å². The monoisotopic (exact) mass is 232 g/mol. The standard InChI is InChI=1S/C12H12N2OS/c1-16-11-8-4-2-3-5-9(8)14-7-6-13-12(15)10(11)14/h2-5H,6-7H2,1H3,(H,13,15). The van der Waals surface area contributed by atoms with Gasteiger partial charge in [0.15, 0.2) is 0 Å². The van der Waals surface area contributed by atoms with E-state index in [0.29, 0.717) is 0 Å². The summed E-state index contributed by atoms with van der Waals surface area (Å²) < 4.78 is 2.12. The molecule has 0 atom stereocenters. The Kier molecular flexibility index (Phi) is 2.17. The number of amides is 1. The summed E-state index contributed by atoms with van der Waals surface area (Å²) in [5, 5.41) is 4.08. The number of carbonyl (C=O) groups is 1. The van der Waals surface area contributed by atoms with Crippen LogP contribution >= 0.6 is 11.8 Å². The summed E-state index contributed by atoms with van der Waals surface area (Å²) in [7, 11) is 0. The van der Waals surface area contributed by atoms with Crippen molar-refractivity contribution in [1.29, 1.82) is 0 Å². The van der Waals surface area contributed by atoms with Gasteiger partial charge in [0, 0.05) is 28.9 Å². The molecule has 2 heterocycles. The van der Waals surface area contributed by atoms with Gasteiger partial charge in [0.1, 0.15) is 5.69 Å². The predicted molar refractivity (Wildman–Crippen MR) is 66.1 cm³/mol. The number of aromatic nitrogens is 1. The van der Waals surface area contributed by atoms with E-state index >= 15 is 0 Å². The quantitative estimate of drug-likeness (QED) is 0.764. The lowest BCUT2D eigenvalue weighted by Crippen LogP contribution is -2.35. The molecular formula is C12H12N2OS. The Morgan fingerprint density at radius 1 is 1.38 bits per heavy atom. The first-order chi connectivity index (χ1) is 7.83. The Morgan fingerprint density at radius 3 is 3.00 bits per heavy atom. The first kappa shape index (κ1) is 9.78. The molecule has 1 aliphatic heterocycles. The maximum atomic E-state index is 11.9. The molecule has 0 saturated carbocycles. The normalized spacial score (nSPS) is 14.9. The van der Waals surface area contributed by atoms with Crippen LogP contribution in [0.3, 0.4) is 0 Å². The zero-order valence-corrected chi connectivity index (χ0v) is 9.80. The summed E-state index contributed by atoms with van der Waals surface area (Å²) in [6.45, 7) is 1.58. The highest BCUT2D eigenvalue weighted by molar-refractivity contribution is 7.99. The summed E-state index contributed by atoms with van der Waals surface area (Å²) in [4.78, 5) is 13.0. The number of nitrogens with zero attached hydrogens (tertiary/aromatic N) is 1. The van der Waals surface area contributed by atoms with Gasteiger partial charge in [-0.05, 0) is 12.3 Å². The molecule has 0 saturated heterocycles. The molecule has 1 aromatic carbocycles. The van der Waals surface area contributed by atoms with Gasteiger partial charge in [-0.1, -0.05) is 18.2 Å². The fraction of sp³-hybridized carbons (Fsp3) is 0.250. The molecule has 3 nitrogen and oxygen atoms in total. The van der Waals surface area contributed by atoms with Crippen LogP contribution in [-0.4, -0.2) is 23.3 Å². The largest absolute Gasteiger partial charge is 0.349 e.